The van der Waals surface area contributed by atoms with Crippen molar-refractivity contribution in [2.45, 2.75) is 110 Å². The molecule has 1 aliphatic rings. The van der Waals surface area contributed by atoms with Crippen LogP contribution in [-0.4, -0.2) is 73.6 Å². The fraction of sp³-hybridized carbons (Fsp3) is 0.792. The number of nitrogens with zero attached hydrogens (tertiary/aromatic N) is 3. The molecule has 1 unspecified atom stereocenters. The Balaban J connectivity index is 3.49. The quantitative estimate of drug-likeness (QED) is 0.0996. The number of amides is 1. The van der Waals surface area contributed by atoms with E-state index in [0.29, 0.717) is 25.7 Å². The van der Waals surface area contributed by atoms with Crippen molar-refractivity contribution in [3.63, 3.8) is 0 Å². The van der Waals surface area contributed by atoms with Gasteiger partial charge in [0.25, 0.3) is 0 Å². The van der Waals surface area contributed by atoms with E-state index in [2.05, 4.69) is 15.3 Å². The molecule has 0 spiro atoms. The summed E-state index contributed by atoms with van der Waals surface area (Å²) in [5.41, 5.74) is 8.57. The molecule has 0 saturated carbocycles. The summed E-state index contributed by atoms with van der Waals surface area (Å²) in [6.07, 6.45) is -3.27. The first-order chi connectivity index (χ1) is 18.2. The highest BCUT2D eigenvalue weighted by Gasteiger charge is 2.52. The van der Waals surface area contributed by atoms with Gasteiger partial charge >= 0.3 is 23.9 Å². The number of carbonyl (C=O) groups is 5. The van der Waals surface area contributed by atoms with Gasteiger partial charge in [-0.15, -0.1) is 0 Å². The summed E-state index contributed by atoms with van der Waals surface area (Å²) in [5, 5.41) is 5.72. The average Bonchev–Trinajstić information content (AvgIpc) is 2.85. The molecule has 1 N–H and O–H groups in total. The number of esters is 4. The van der Waals surface area contributed by atoms with Crippen molar-refractivity contribution >= 4 is 29.8 Å². The first-order valence-corrected chi connectivity index (χ1v) is 12.9. The van der Waals surface area contributed by atoms with E-state index in [1.807, 2.05) is 0 Å². The number of azide groups is 1. The molecule has 1 heterocycles. The van der Waals surface area contributed by atoms with E-state index in [0.717, 1.165) is 0 Å². The number of nitrogens with one attached hydrogen (secondary N) is 1. The Bertz CT molecular complexity index is 861. The summed E-state index contributed by atoms with van der Waals surface area (Å²) in [4.78, 5) is 64.6. The standard InChI is InChI=1S/C24H38N4O10/c1-5-9-17(30)34-14-15-22(36-18(31)10-6-2)23(37-19(32)11-7-3)21(27-16(29)13-26-28-25)24(35-15)38-20(33)12-8-4/h15,21-24H,5-14H2,1-4H3,(H,27,29)/t15-,21-,22+,23?,24+/m1/s1. The fourth-order valence-corrected chi connectivity index (χ4v) is 3.57. The van der Waals surface area contributed by atoms with Crippen molar-refractivity contribution in [3.05, 3.63) is 10.4 Å². The van der Waals surface area contributed by atoms with Crippen LogP contribution >= 0.6 is 0 Å². The van der Waals surface area contributed by atoms with Gasteiger partial charge < -0.3 is 29.0 Å². The smallest absolute Gasteiger partial charge is 0.308 e. The molecule has 214 valence electrons. The van der Waals surface area contributed by atoms with Gasteiger partial charge in [-0.3, -0.25) is 24.0 Å². The molecule has 0 aromatic carbocycles. The summed E-state index contributed by atoms with van der Waals surface area (Å²) in [6.45, 7) is 6.08. The second-order valence-corrected chi connectivity index (χ2v) is 8.61. The maximum Gasteiger partial charge on any atom is 0.308 e. The van der Waals surface area contributed by atoms with Gasteiger partial charge in [-0.1, -0.05) is 32.8 Å². The maximum atomic E-state index is 12.6. The summed E-state index contributed by atoms with van der Waals surface area (Å²) in [5.74, 6) is -3.27. The van der Waals surface area contributed by atoms with E-state index < -0.39 is 73.6 Å². The molecule has 38 heavy (non-hydrogen) atoms. The lowest BCUT2D eigenvalue weighted by Gasteiger charge is -2.44. The molecule has 1 saturated heterocycles. The van der Waals surface area contributed by atoms with Gasteiger partial charge in [-0.2, -0.15) is 0 Å². The second-order valence-electron chi connectivity index (χ2n) is 8.61. The predicted molar refractivity (Wildman–Crippen MR) is 131 cm³/mol. The first-order valence-electron chi connectivity index (χ1n) is 12.9. The Morgan fingerprint density at radius 1 is 0.789 bits per heavy atom. The summed E-state index contributed by atoms with van der Waals surface area (Å²) < 4.78 is 27.9. The van der Waals surface area contributed by atoms with Gasteiger partial charge in [0.15, 0.2) is 12.2 Å². The molecule has 1 fully saturated rings. The van der Waals surface area contributed by atoms with Gasteiger partial charge in [-0.05, 0) is 31.2 Å². The number of hydrogen-bond acceptors (Lipinski definition) is 11. The minimum absolute atomic E-state index is 0.0167. The van der Waals surface area contributed by atoms with Crippen LogP contribution in [0.3, 0.4) is 0 Å². The van der Waals surface area contributed by atoms with Crippen molar-refractivity contribution in [2.24, 2.45) is 5.11 Å². The highest BCUT2D eigenvalue weighted by atomic mass is 16.7. The van der Waals surface area contributed by atoms with E-state index in [4.69, 9.17) is 29.2 Å². The van der Waals surface area contributed by atoms with Gasteiger partial charge in [0, 0.05) is 30.6 Å². The fourth-order valence-electron chi connectivity index (χ4n) is 3.57. The van der Waals surface area contributed by atoms with Gasteiger partial charge in [-0.25, -0.2) is 0 Å². The van der Waals surface area contributed by atoms with Crippen LogP contribution in [0, 0.1) is 0 Å². The van der Waals surface area contributed by atoms with Gasteiger partial charge in [0.1, 0.15) is 25.3 Å². The zero-order chi connectivity index (χ0) is 28.5. The molecule has 14 nitrogen and oxygen atoms in total. The Hall–Kier alpha value is -3.38. The molecule has 0 aliphatic carbocycles. The molecule has 5 atom stereocenters. The summed E-state index contributed by atoms with van der Waals surface area (Å²) >= 11 is 0. The zero-order valence-corrected chi connectivity index (χ0v) is 22.4. The molecular formula is C24H38N4O10. The summed E-state index contributed by atoms with van der Waals surface area (Å²) in [7, 11) is 0. The van der Waals surface area contributed by atoms with Crippen molar-refractivity contribution in [1.29, 1.82) is 0 Å². The molecule has 0 bridgehead atoms. The predicted octanol–water partition coefficient (Wildman–Crippen LogP) is 2.62. The molecule has 0 aromatic rings. The second kappa shape index (κ2) is 18.0. The largest absolute Gasteiger partial charge is 0.463 e. The van der Waals surface area contributed by atoms with Crippen LogP contribution in [-0.2, 0) is 47.7 Å². The molecular weight excluding hydrogens is 504 g/mol. The third-order valence-corrected chi connectivity index (χ3v) is 5.26. The molecule has 1 rings (SSSR count). The SMILES string of the molecule is CCCC(=O)OC[C@H]1O[C@@H](OC(=O)CCC)[C@H](NC(=O)CN=[N+]=[N-])C(OC(=O)CCC)[C@H]1OC(=O)CCC. The highest BCUT2D eigenvalue weighted by Crippen LogP contribution is 2.29. The minimum atomic E-state index is -1.50. The van der Waals surface area contributed by atoms with Crippen LogP contribution in [0.15, 0.2) is 5.11 Å². The summed E-state index contributed by atoms with van der Waals surface area (Å²) in [6, 6.07) is -1.33. The molecule has 1 aliphatic heterocycles. The lowest BCUT2D eigenvalue weighted by atomic mass is 9.95. The van der Waals surface area contributed by atoms with E-state index >= 15 is 0 Å². The third kappa shape index (κ3) is 11.3. The van der Waals surface area contributed by atoms with Crippen LogP contribution < -0.4 is 5.32 Å². The Labute approximate surface area is 221 Å². The van der Waals surface area contributed by atoms with E-state index in [1.54, 1.807) is 27.7 Å². The number of carbonyl (C=O) groups excluding carboxylic acids is 5. The van der Waals surface area contributed by atoms with Crippen LogP contribution in [0.4, 0.5) is 0 Å². The van der Waals surface area contributed by atoms with Crippen molar-refractivity contribution in [3.8, 4) is 0 Å². The van der Waals surface area contributed by atoms with Crippen molar-refractivity contribution < 1.29 is 47.7 Å². The van der Waals surface area contributed by atoms with Crippen molar-refractivity contribution in [2.75, 3.05) is 13.2 Å². The lowest BCUT2D eigenvalue weighted by molar-refractivity contribution is -0.272. The van der Waals surface area contributed by atoms with Gasteiger partial charge in [0.2, 0.25) is 12.2 Å². The normalized spacial score (nSPS) is 22.4. The number of hydrogen-bond donors (Lipinski definition) is 1. The molecule has 0 aromatic heterocycles. The number of rotatable bonds is 16. The Morgan fingerprint density at radius 2 is 1.29 bits per heavy atom. The topological polar surface area (TPSA) is 192 Å². The highest BCUT2D eigenvalue weighted by molar-refractivity contribution is 5.79. The Morgan fingerprint density at radius 3 is 1.82 bits per heavy atom. The number of ether oxygens (including phenoxy) is 5. The molecule has 14 heteroatoms. The average molecular weight is 543 g/mol. The Kier molecular flexibility index (Phi) is 15.4. The van der Waals surface area contributed by atoms with Crippen LogP contribution in [0.25, 0.3) is 10.4 Å². The van der Waals surface area contributed by atoms with E-state index in [1.165, 1.54) is 0 Å². The molecule has 1 amide bonds. The third-order valence-electron chi connectivity index (χ3n) is 5.26. The minimum Gasteiger partial charge on any atom is -0.463 e. The van der Waals surface area contributed by atoms with E-state index in [9.17, 15) is 24.0 Å². The van der Waals surface area contributed by atoms with Crippen LogP contribution in [0.2, 0.25) is 0 Å². The van der Waals surface area contributed by atoms with Crippen molar-refractivity contribution in [1.82, 2.24) is 5.32 Å². The maximum absolute atomic E-state index is 12.6. The molecule has 0 radical (unpaired) electrons. The van der Waals surface area contributed by atoms with Gasteiger partial charge in [0.05, 0.1) is 0 Å². The lowest BCUT2D eigenvalue weighted by Crippen LogP contribution is -2.67. The zero-order valence-electron chi connectivity index (χ0n) is 22.4. The van der Waals surface area contributed by atoms with Crippen LogP contribution in [0.5, 0.6) is 0 Å². The van der Waals surface area contributed by atoms with E-state index in [-0.39, 0.29) is 25.7 Å². The first kappa shape index (κ1) is 32.6. The monoisotopic (exact) mass is 542 g/mol. The van der Waals surface area contributed by atoms with Crippen LogP contribution in [0.1, 0.15) is 79.1 Å².